The number of hydrogen-bond acceptors (Lipinski definition) is 10. The van der Waals surface area contributed by atoms with Crippen molar-refractivity contribution in [3.05, 3.63) is 106 Å². The van der Waals surface area contributed by atoms with Gasteiger partial charge in [-0.05, 0) is 193 Å². The Hall–Kier alpha value is -3.28. The summed E-state index contributed by atoms with van der Waals surface area (Å²) in [6, 6.07) is 25.4. The molecular formula is C53H66B4Br2F2O10. The van der Waals surface area contributed by atoms with E-state index in [0.717, 1.165) is 31.9 Å². The molecule has 0 N–H and O–H groups in total. The second-order valence-corrected chi connectivity index (χ2v) is 24.3. The van der Waals surface area contributed by atoms with Crippen LogP contribution in [-0.4, -0.2) is 73.1 Å². The molecule has 4 saturated heterocycles. The van der Waals surface area contributed by atoms with Crippen molar-refractivity contribution in [2.75, 3.05) is 0 Å². The molecule has 0 bridgehead atoms. The molecule has 0 radical (unpaired) electrons. The van der Waals surface area contributed by atoms with Gasteiger partial charge in [0.15, 0.2) is 0 Å². The molecule has 0 saturated carbocycles. The van der Waals surface area contributed by atoms with Crippen LogP contribution in [0.3, 0.4) is 0 Å². The monoisotopic (exact) mass is 1100 g/mol. The molecule has 2 aromatic heterocycles. The van der Waals surface area contributed by atoms with E-state index in [-0.39, 0.29) is 35.6 Å². The Morgan fingerprint density at radius 2 is 0.775 bits per heavy atom. The molecular weight excluding hydrogens is 1040 g/mol. The summed E-state index contributed by atoms with van der Waals surface area (Å²) in [6.07, 6.45) is 0. The second-order valence-electron chi connectivity index (χ2n) is 22.5. The molecule has 0 atom stereocenters. The summed E-state index contributed by atoms with van der Waals surface area (Å²) in [5.41, 5.74) is 0.839. The van der Waals surface area contributed by atoms with E-state index in [0.29, 0.717) is 32.6 Å². The number of hydrogen-bond donors (Lipinski definition) is 0. The van der Waals surface area contributed by atoms with Gasteiger partial charge in [-0.1, -0.05) is 47.6 Å². The zero-order valence-electron chi connectivity index (χ0n) is 43.0. The van der Waals surface area contributed by atoms with Crippen LogP contribution in [0.5, 0.6) is 0 Å². The van der Waals surface area contributed by atoms with Crippen LogP contribution >= 0.6 is 31.9 Å². The van der Waals surface area contributed by atoms with Crippen molar-refractivity contribution in [2.24, 2.45) is 0 Å². The number of rotatable bonds is 5. The molecule has 4 aromatic carbocycles. The Bertz CT molecular complexity index is 2830. The van der Waals surface area contributed by atoms with Crippen molar-refractivity contribution in [3.63, 3.8) is 0 Å². The highest BCUT2D eigenvalue weighted by Gasteiger charge is 2.64. The molecule has 0 aliphatic carbocycles. The van der Waals surface area contributed by atoms with Crippen molar-refractivity contribution in [2.45, 2.75) is 163 Å². The topological polar surface area (TPSA) is 100 Å². The van der Waals surface area contributed by atoms with Gasteiger partial charge in [-0.3, -0.25) is 0 Å². The number of halogens is 4. The summed E-state index contributed by atoms with van der Waals surface area (Å²) < 4.78 is 90.0. The summed E-state index contributed by atoms with van der Waals surface area (Å²) in [6.45, 7) is 32.1. The van der Waals surface area contributed by atoms with Crippen LogP contribution in [-0.2, 0) is 37.2 Å². The average molecular weight is 1100 g/mol. The molecule has 4 fully saturated rings. The van der Waals surface area contributed by atoms with E-state index in [1.807, 2.05) is 171 Å². The highest BCUT2D eigenvalue weighted by Crippen LogP contribution is 2.44. The van der Waals surface area contributed by atoms with E-state index in [1.165, 1.54) is 12.1 Å². The summed E-state index contributed by atoms with van der Waals surface area (Å²) in [5, 5.41) is 1.89. The minimum absolute atomic E-state index is 0. The van der Waals surface area contributed by atoms with Crippen LogP contribution in [0.2, 0.25) is 0 Å². The highest BCUT2D eigenvalue weighted by atomic mass is 79.9. The number of benzene rings is 4. The molecule has 10 nitrogen and oxygen atoms in total. The van der Waals surface area contributed by atoms with Crippen molar-refractivity contribution >= 4 is 93.0 Å². The van der Waals surface area contributed by atoms with Crippen LogP contribution in [0.4, 0.5) is 8.78 Å². The predicted molar refractivity (Wildman–Crippen MR) is 289 cm³/mol. The molecule has 378 valence electrons. The lowest BCUT2D eigenvalue weighted by molar-refractivity contribution is 0.00578. The first-order chi connectivity index (χ1) is 32.2. The standard InChI is InChI=1S/C26H31B2FO5.C14H7Br2FO.C12H24B2O4.CH4/c1-23(2)24(3,4)32-27(31-23)18-10-12-21-17(13-18)15-22(30-21)16-9-11-19(20(29)14-16)28-33-25(5,6)26(7,8)34-28;15-10-2-4-13-9(5-10)7-14(18-13)8-1-3-11(16)12(17)6-8;1-9(2)10(3,4)16-13(15-9)14-17-11(5,6)12(7,8)18-14;/h9-15H,1-8H3;1-7H;1-8H3;1H4. The van der Waals surface area contributed by atoms with Crippen molar-refractivity contribution < 1.29 is 54.8 Å². The van der Waals surface area contributed by atoms with Gasteiger partial charge in [-0.15, -0.1) is 0 Å². The summed E-state index contributed by atoms with van der Waals surface area (Å²) in [7, 11) is -2.16. The third-order valence-corrected chi connectivity index (χ3v) is 16.4. The van der Waals surface area contributed by atoms with Crippen LogP contribution in [0.1, 0.15) is 118 Å². The van der Waals surface area contributed by atoms with Gasteiger partial charge in [-0.2, -0.15) is 0 Å². The maximum atomic E-state index is 15.1. The minimum Gasteiger partial charge on any atom is -0.456 e. The lowest BCUT2D eigenvalue weighted by Crippen LogP contribution is -2.41. The first-order valence-corrected chi connectivity index (χ1v) is 25.2. The van der Waals surface area contributed by atoms with Crippen molar-refractivity contribution in [1.29, 1.82) is 0 Å². The summed E-state index contributed by atoms with van der Waals surface area (Å²) >= 11 is 6.55. The van der Waals surface area contributed by atoms with Crippen LogP contribution in [0.15, 0.2) is 103 Å². The third kappa shape index (κ3) is 10.8. The molecule has 4 aliphatic heterocycles. The highest BCUT2D eigenvalue weighted by molar-refractivity contribution is 9.10. The van der Waals surface area contributed by atoms with Crippen molar-refractivity contribution in [1.82, 2.24) is 0 Å². The fraction of sp³-hybridized carbons (Fsp3) is 0.472. The smallest absolute Gasteiger partial charge is 0.456 e. The predicted octanol–water partition coefficient (Wildman–Crippen LogP) is 13.5. The first kappa shape index (κ1) is 55.5. The Morgan fingerprint density at radius 3 is 1.21 bits per heavy atom. The maximum absolute atomic E-state index is 15.1. The first-order valence-electron chi connectivity index (χ1n) is 23.6. The average Bonchev–Trinajstić information content (AvgIpc) is 4.04. The summed E-state index contributed by atoms with van der Waals surface area (Å²) in [5.74, 6) is 0.554. The van der Waals surface area contributed by atoms with Crippen LogP contribution in [0.25, 0.3) is 44.6 Å². The molecule has 10 rings (SSSR count). The van der Waals surface area contributed by atoms with E-state index in [1.54, 1.807) is 12.1 Å². The van der Waals surface area contributed by atoms with Crippen LogP contribution in [0, 0.1) is 11.6 Å². The normalized spacial score (nSPS) is 21.7. The lowest BCUT2D eigenvalue weighted by Gasteiger charge is -2.32. The van der Waals surface area contributed by atoms with Gasteiger partial charge in [0, 0.05) is 31.8 Å². The van der Waals surface area contributed by atoms with E-state index in [9.17, 15) is 4.39 Å². The molecule has 0 spiro atoms. The summed E-state index contributed by atoms with van der Waals surface area (Å²) in [4.78, 5) is 0. The molecule has 0 amide bonds. The lowest BCUT2D eigenvalue weighted by atomic mass is 9.49. The van der Waals surface area contributed by atoms with Gasteiger partial charge >= 0.3 is 28.3 Å². The number of fused-ring (bicyclic) bond motifs is 2. The fourth-order valence-electron chi connectivity index (χ4n) is 7.98. The molecule has 6 heterocycles. The van der Waals surface area contributed by atoms with Gasteiger partial charge in [0.05, 0.1) is 49.3 Å². The minimum atomic E-state index is -0.753. The Labute approximate surface area is 436 Å². The van der Waals surface area contributed by atoms with Crippen LogP contribution < -0.4 is 10.9 Å². The Balaban J connectivity index is 0.000000170. The zero-order chi connectivity index (χ0) is 51.4. The Kier molecular flexibility index (Phi) is 14.9. The van der Waals surface area contributed by atoms with E-state index in [2.05, 4.69) is 31.9 Å². The van der Waals surface area contributed by atoms with Gasteiger partial charge < -0.3 is 46.1 Å². The molecule has 71 heavy (non-hydrogen) atoms. The molecule has 18 heteroatoms. The largest absolute Gasteiger partial charge is 0.497 e. The van der Waals surface area contributed by atoms with Gasteiger partial charge in [0.1, 0.15) is 34.3 Å². The van der Waals surface area contributed by atoms with Crippen molar-refractivity contribution in [3.8, 4) is 22.6 Å². The van der Waals surface area contributed by atoms with Gasteiger partial charge in [0.25, 0.3) is 0 Å². The van der Waals surface area contributed by atoms with E-state index in [4.69, 9.17) is 46.1 Å². The second kappa shape index (κ2) is 19.1. The SMILES string of the molecule is C.CC1(C)OB(B2OC(C)(C)C(C)(C)O2)OC1(C)C.CC1(C)OB(c2ccc3oc(-c4ccc(B5OC(C)(C)C(C)(C)O5)c(F)c4)cc3c2)OC1(C)C.Fc1cc(-c2cc3cc(Br)ccc3o2)ccc1Br. The molecule has 0 unspecified atom stereocenters. The van der Waals surface area contributed by atoms with Gasteiger partial charge in [-0.25, -0.2) is 8.78 Å². The quantitative estimate of drug-likeness (QED) is 0.155. The fourth-order valence-corrected chi connectivity index (χ4v) is 8.60. The van der Waals surface area contributed by atoms with E-state index >= 15 is 4.39 Å². The number of furan rings is 2. The maximum Gasteiger partial charge on any atom is 0.497 e. The zero-order valence-corrected chi connectivity index (χ0v) is 46.2. The molecule has 4 aliphatic rings. The molecule has 6 aromatic rings. The van der Waals surface area contributed by atoms with E-state index < -0.39 is 56.5 Å². The third-order valence-electron chi connectivity index (χ3n) is 15.3. The van der Waals surface area contributed by atoms with Gasteiger partial charge in [0.2, 0.25) is 0 Å². The Morgan fingerprint density at radius 1 is 0.394 bits per heavy atom.